The van der Waals surface area contributed by atoms with Crippen LogP contribution in [0.25, 0.3) is 0 Å². The molecule has 0 bridgehead atoms. The Balaban J connectivity index is 1.56. The van der Waals surface area contributed by atoms with E-state index in [1.165, 1.54) is 0 Å². The molecule has 3 rings (SSSR count). The average Bonchev–Trinajstić information content (AvgIpc) is 2.69. The van der Waals surface area contributed by atoms with Crippen molar-refractivity contribution in [1.29, 1.82) is 0 Å². The molecule has 6 heteroatoms. The SMILES string of the molecule is CN(Cc1ccc(Br)cc1)C(=O)Nc1cccc(CSc2ccccn2)c1. The fourth-order valence-corrected chi connectivity index (χ4v) is 3.55. The monoisotopic (exact) mass is 441 g/mol. The number of amides is 2. The molecule has 1 N–H and O–H groups in total. The second-order valence-corrected chi connectivity index (χ2v) is 7.98. The van der Waals surface area contributed by atoms with Crippen LogP contribution in [0.15, 0.2) is 82.4 Å². The number of pyridine rings is 1. The number of aromatic nitrogens is 1. The number of benzene rings is 2. The number of thioether (sulfide) groups is 1. The molecule has 2 aromatic carbocycles. The maximum absolute atomic E-state index is 12.5. The van der Waals surface area contributed by atoms with Crippen molar-refractivity contribution in [1.82, 2.24) is 9.88 Å². The zero-order valence-electron chi connectivity index (χ0n) is 14.9. The molecule has 0 radical (unpaired) electrons. The number of hydrogen-bond acceptors (Lipinski definition) is 3. The zero-order valence-corrected chi connectivity index (χ0v) is 17.3. The molecule has 0 aliphatic rings. The molecule has 0 aliphatic heterocycles. The van der Waals surface area contributed by atoms with Crippen LogP contribution in [0.2, 0.25) is 0 Å². The number of anilines is 1. The first-order valence-electron chi connectivity index (χ1n) is 8.49. The van der Waals surface area contributed by atoms with Gasteiger partial charge in [-0.2, -0.15) is 0 Å². The predicted octanol–water partition coefficient (Wildman–Crippen LogP) is 5.80. The zero-order chi connectivity index (χ0) is 19.1. The van der Waals surface area contributed by atoms with Crippen LogP contribution in [-0.2, 0) is 12.3 Å². The van der Waals surface area contributed by atoms with Gasteiger partial charge in [-0.3, -0.25) is 0 Å². The molecule has 0 saturated carbocycles. The maximum Gasteiger partial charge on any atom is 0.321 e. The highest BCUT2D eigenvalue weighted by molar-refractivity contribution is 9.10. The van der Waals surface area contributed by atoms with Gasteiger partial charge in [-0.1, -0.05) is 46.3 Å². The number of urea groups is 1. The van der Waals surface area contributed by atoms with Gasteiger partial charge in [0.15, 0.2) is 0 Å². The van der Waals surface area contributed by atoms with E-state index in [4.69, 9.17) is 0 Å². The first kappa shape index (κ1) is 19.5. The van der Waals surface area contributed by atoms with Gasteiger partial charge in [0.1, 0.15) is 0 Å². The highest BCUT2D eigenvalue weighted by Gasteiger charge is 2.10. The van der Waals surface area contributed by atoms with Gasteiger partial charge in [-0.05, 0) is 47.5 Å². The molecule has 3 aromatic rings. The van der Waals surface area contributed by atoms with Crippen molar-refractivity contribution in [3.05, 3.63) is 88.5 Å². The largest absolute Gasteiger partial charge is 0.323 e. The van der Waals surface area contributed by atoms with Crippen LogP contribution in [0.1, 0.15) is 11.1 Å². The summed E-state index contributed by atoms with van der Waals surface area (Å²) >= 11 is 5.09. The number of nitrogens with zero attached hydrogens (tertiary/aromatic N) is 2. The first-order chi connectivity index (χ1) is 13.1. The van der Waals surface area contributed by atoms with E-state index in [2.05, 4.69) is 32.3 Å². The summed E-state index contributed by atoms with van der Waals surface area (Å²) in [6.07, 6.45) is 1.79. The van der Waals surface area contributed by atoms with Crippen molar-refractivity contribution < 1.29 is 4.79 Å². The number of hydrogen-bond donors (Lipinski definition) is 1. The summed E-state index contributed by atoms with van der Waals surface area (Å²) in [6.45, 7) is 0.550. The Hall–Kier alpha value is -2.31. The van der Waals surface area contributed by atoms with Gasteiger partial charge in [0.2, 0.25) is 0 Å². The van der Waals surface area contributed by atoms with Crippen LogP contribution in [-0.4, -0.2) is 23.0 Å². The Morgan fingerprint density at radius 2 is 1.89 bits per heavy atom. The van der Waals surface area contributed by atoms with Crippen LogP contribution in [0.5, 0.6) is 0 Å². The highest BCUT2D eigenvalue weighted by Crippen LogP contribution is 2.22. The number of nitrogens with one attached hydrogen (secondary N) is 1. The molecule has 2 amide bonds. The van der Waals surface area contributed by atoms with Crippen molar-refractivity contribution in [3.8, 4) is 0 Å². The molecule has 0 saturated heterocycles. The quantitative estimate of drug-likeness (QED) is 0.491. The molecule has 0 atom stereocenters. The fourth-order valence-electron chi connectivity index (χ4n) is 2.48. The van der Waals surface area contributed by atoms with Gasteiger partial charge in [0.25, 0.3) is 0 Å². The predicted molar refractivity (Wildman–Crippen MR) is 115 cm³/mol. The van der Waals surface area contributed by atoms with Gasteiger partial charge in [-0.15, -0.1) is 11.8 Å². The van der Waals surface area contributed by atoms with Gasteiger partial charge in [-0.25, -0.2) is 9.78 Å². The van der Waals surface area contributed by atoms with E-state index >= 15 is 0 Å². The summed E-state index contributed by atoms with van der Waals surface area (Å²) in [5.41, 5.74) is 3.01. The lowest BCUT2D eigenvalue weighted by Gasteiger charge is -2.18. The van der Waals surface area contributed by atoms with Crippen LogP contribution >= 0.6 is 27.7 Å². The minimum Gasteiger partial charge on any atom is -0.323 e. The lowest BCUT2D eigenvalue weighted by Crippen LogP contribution is -2.30. The third kappa shape index (κ3) is 6.12. The molecule has 0 unspecified atom stereocenters. The first-order valence-corrected chi connectivity index (χ1v) is 10.3. The highest BCUT2D eigenvalue weighted by atomic mass is 79.9. The van der Waals surface area contributed by atoms with Crippen molar-refractivity contribution in [2.24, 2.45) is 0 Å². The summed E-state index contributed by atoms with van der Waals surface area (Å²) in [5.74, 6) is 0.801. The molecular weight excluding hydrogens is 422 g/mol. The Morgan fingerprint density at radius 1 is 1.07 bits per heavy atom. The lowest BCUT2D eigenvalue weighted by atomic mass is 10.2. The molecule has 4 nitrogen and oxygen atoms in total. The third-order valence-corrected chi connectivity index (χ3v) is 5.43. The number of carbonyl (C=O) groups is 1. The molecule has 0 aliphatic carbocycles. The van der Waals surface area contributed by atoms with E-state index in [-0.39, 0.29) is 6.03 Å². The lowest BCUT2D eigenvalue weighted by molar-refractivity contribution is 0.220. The minimum atomic E-state index is -0.132. The van der Waals surface area contributed by atoms with E-state index in [0.717, 1.165) is 32.1 Å². The summed E-state index contributed by atoms with van der Waals surface area (Å²) < 4.78 is 1.03. The Morgan fingerprint density at radius 3 is 2.63 bits per heavy atom. The van der Waals surface area contributed by atoms with Gasteiger partial charge >= 0.3 is 6.03 Å². The van der Waals surface area contributed by atoms with Crippen LogP contribution < -0.4 is 5.32 Å². The third-order valence-electron chi connectivity index (χ3n) is 3.88. The minimum absolute atomic E-state index is 0.132. The van der Waals surface area contributed by atoms with E-state index in [0.29, 0.717) is 6.54 Å². The van der Waals surface area contributed by atoms with Gasteiger partial charge < -0.3 is 10.2 Å². The smallest absolute Gasteiger partial charge is 0.321 e. The van der Waals surface area contributed by atoms with Crippen LogP contribution in [0, 0.1) is 0 Å². The molecule has 0 spiro atoms. The van der Waals surface area contributed by atoms with Crippen molar-refractivity contribution in [3.63, 3.8) is 0 Å². The van der Waals surface area contributed by atoms with Crippen LogP contribution in [0.3, 0.4) is 0 Å². The molecule has 138 valence electrons. The Labute approximate surface area is 172 Å². The van der Waals surface area contributed by atoms with E-state index in [9.17, 15) is 4.79 Å². The second-order valence-electron chi connectivity index (χ2n) is 6.07. The van der Waals surface area contributed by atoms with Gasteiger partial charge in [0.05, 0.1) is 5.03 Å². The molecular formula is C21H20BrN3OS. The summed E-state index contributed by atoms with van der Waals surface area (Å²) in [5, 5.41) is 3.95. The van der Waals surface area contributed by atoms with E-state index < -0.39 is 0 Å². The number of rotatable bonds is 6. The maximum atomic E-state index is 12.5. The molecule has 1 heterocycles. The molecule has 1 aromatic heterocycles. The van der Waals surface area contributed by atoms with Crippen LogP contribution in [0.4, 0.5) is 10.5 Å². The van der Waals surface area contributed by atoms with E-state index in [1.807, 2.05) is 60.7 Å². The average molecular weight is 442 g/mol. The number of halogens is 1. The van der Waals surface area contributed by atoms with Crippen molar-refractivity contribution in [2.75, 3.05) is 12.4 Å². The summed E-state index contributed by atoms with van der Waals surface area (Å²) in [7, 11) is 1.79. The van der Waals surface area contributed by atoms with E-state index in [1.54, 1.807) is 29.9 Å². The topological polar surface area (TPSA) is 45.2 Å². The van der Waals surface area contributed by atoms with Crippen molar-refractivity contribution >= 4 is 39.4 Å². The second kappa shape index (κ2) is 9.58. The standard InChI is InChI=1S/C21H20BrN3OS/c1-25(14-16-8-10-18(22)11-9-16)21(26)24-19-6-4-5-17(13-19)15-27-20-7-2-3-12-23-20/h2-13H,14-15H2,1H3,(H,24,26). The molecule has 27 heavy (non-hydrogen) atoms. The Bertz CT molecular complexity index is 887. The van der Waals surface area contributed by atoms with Gasteiger partial charge in [0, 0.05) is 35.7 Å². The summed E-state index contributed by atoms with van der Waals surface area (Å²) in [4.78, 5) is 18.4. The Kier molecular flexibility index (Phi) is 6.90. The number of carbonyl (C=O) groups excluding carboxylic acids is 1. The molecule has 0 fully saturated rings. The normalized spacial score (nSPS) is 10.4. The summed E-state index contributed by atoms with van der Waals surface area (Å²) in [6, 6.07) is 21.6. The fraction of sp³-hybridized carbons (Fsp3) is 0.143. The van der Waals surface area contributed by atoms with Crippen molar-refractivity contribution in [2.45, 2.75) is 17.3 Å².